The van der Waals surface area contributed by atoms with Crippen LogP contribution in [0.25, 0.3) is 28.1 Å². The number of carboxylic acid groups (broad SMARTS) is 1. The van der Waals surface area contributed by atoms with Gasteiger partial charge in [-0.3, -0.25) is 14.6 Å². The number of anilines is 2. The summed E-state index contributed by atoms with van der Waals surface area (Å²) in [6.45, 7) is 1.87. The highest BCUT2D eigenvalue weighted by Crippen LogP contribution is 2.33. The first-order valence-corrected chi connectivity index (χ1v) is 11.4. The topological polar surface area (TPSA) is 144 Å². The van der Waals surface area contributed by atoms with Crippen molar-refractivity contribution in [3.05, 3.63) is 63.8 Å². The Balaban J connectivity index is 0.000000405. The Morgan fingerprint density at radius 1 is 1.24 bits per heavy atom. The van der Waals surface area contributed by atoms with Crippen molar-refractivity contribution in [3.8, 4) is 17.2 Å². The van der Waals surface area contributed by atoms with Crippen LogP contribution in [0.1, 0.15) is 5.69 Å². The van der Waals surface area contributed by atoms with E-state index < -0.39 is 12.1 Å². The van der Waals surface area contributed by atoms with Gasteiger partial charge in [-0.1, -0.05) is 11.6 Å². The van der Waals surface area contributed by atoms with Gasteiger partial charge in [0.15, 0.2) is 11.6 Å². The Kier molecular flexibility index (Phi) is 7.00. The van der Waals surface area contributed by atoms with Gasteiger partial charge in [-0.15, -0.1) is 0 Å². The molecule has 3 N–H and O–H groups in total. The van der Waals surface area contributed by atoms with E-state index in [4.69, 9.17) is 21.5 Å². The highest BCUT2D eigenvalue weighted by molar-refractivity contribution is 7.10. The number of alkyl halides is 3. The van der Waals surface area contributed by atoms with E-state index >= 15 is 0 Å². The van der Waals surface area contributed by atoms with Gasteiger partial charge in [-0.25, -0.2) is 9.78 Å². The fourth-order valence-electron chi connectivity index (χ4n) is 3.16. The maximum atomic E-state index is 12.3. The van der Waals surface area contributed by atoms with Crippen LogP contribution in [-0.2, 0) is 11.8 Å². The number of H-pyrrole nitrogens is 1. The maximum Gasteiger partial charge on any atom is 0.490 e. The molecular formula is C21H16ClF3N8O3S. The minimum Gasteiger partial charge on any atom is -0.475 e. The van der Waals surface area contributed by atoms with E-state index in [0.29, 0.717) is 21.8 Å². The van der Waals surface area contributed by atoms with Crippen LogP contribution in [0.3, 0.4) is 0 Å². The lowest BCUT2D eigenvalue weighted by Gasteiger charge is -2.08. The van der Waals surface area contributed by atoms with Gasteiger partial charge in [0.25, 0.3) is 5.56 Å². The molecule has 0 aliphatic carbocycles. The van der Waals surface area contributed by atoms with Crippen LogP contribution in [0.5, 0.6) is 0 Å². The predicted molar refractivity (Wildman–Crippen MR) is 131 cm³/mol. The van der Waals surface area contributed by atoms with Crippen molar-refractivity contribution in [3.63, 3.8) is 0 Å². The standard InChI is InChI=1S/C19H15ClN8OS.C2HF3O2/c1-10-7-16(29)28(27(10)2)15-8-11(5-6-21-15)18-24-19(30-26-18)23-14-4-3-13-12(17(14)20)9-22-25-13;3-2(4,5)1(6)7/h3-9H,1-2H3,(H,22,25)(H,23,24,26);(H,6,7). The van der Waals surface area contributed by atoms with E-state index in [2.05, 4.69) is 29.9 Å². The van der Waals surface area contributed by atoms with Gasteiger partial charge >= 0.3 is 12.1 Å². The van der Waals surface area contributed by atoms with E-state index in [1.807, 2.05) is 26.1 Å². The number of rotatable bonds is 4. The molecule has 0 aliphatic heterocycles. The zero-order valence-corrected chi connectivity index (χ0v) is 20.5. The first kappa shape index (κ1) is 25.8. The number of fused-ring (bicyclic) bond motifs is 1. The number of hydrogen-bond donors (Lipinski definition) is 3. The molecule has 4 heterocycles. The third-order valence-corrected chi connectivity index (χ3v) is 6.08. The number of nitrogens with one attached hydrogen (secondary N) is 2. The number of halogens is 4. The molecule has 5 aromatic rings. The van der Waals surface area contributed by atoms with E-state index in [9.17, 15) is 18.0 Å². The fraction of sp³-hybridized carbons (Fsp3) is 0.143. The summed E-state index contributed by atoms with van der Waals surface area (Å²) in [6.07, 6.45) is -1.77. The van der Waals surface area contributed by atoms with Gasteiger partial charge in [0.05, 0.1) is 22.4 Å². The van der Waals surface area contributed by atoms with Gasteiger partial charge in [-0.05, 0) is 31.2 Å². The Morgan fingerprint density at radius 3 is 2.62 bits per heavy atom. The second kappa shape index (κ2) is 10.0. The number of hydrogen-bond acceptors (Lipinski definition) is 8. The summed E-state index contributed by atoms with van der Waals surface area (Å²) in [4.78, 5) is 30.1. The quantitative estimate of drug-likeness (QED) is 0.299. The molecule has 0 amide bonds. The van der Waals surface area contributed by atoms with Gasteiger partial charge in [0.2, 0.25) is 5.13 Å². The molecule has 37 heavy (non-hydrogen) atoms. The second-order valence-electron chi connectivity index (χ2n) is 7.47. The molecule has 0 aliphatic rings. The Hall–Kier alpha value is -4.24. The van der Waals surface area contributed by atoms with Crippen molar-refractivity contribution in [2.75, 3.05) is 5.32 Å². The lowest BCUT2D eigenvalue weighted by atomic mass is 10.2. The van der Waals surface area contributed by atoms with E-state index in [0.717, 1.165) is 27.8 Å². The van der Waals surface area contributed by atoms with Crippen molar-refractivity contribution >= 4 is 50.8 Å². The molecule has 0 fully saturated rings. The molecule has 5 rings (SSSR count). The Morgan fingerprint density at radius 2 is 1.97 bits per heavy atom. The first-order chi connectivity index (χ1) is 17.5. The summed E-state index contributed by atoms with van der Waals surface area (Å²) in [5.41, 5.74) is 3.04. The number of aromatic nitrogens is 7. The van der Waals surface area contributed by atoms with Crippen LogP contribution >= 0.6 is 23.1 Å². The minimum atomic E-state index is -5.08. The molecule has 0 spiro atoms. The molecule has 1 aromatic carbocycles. The summed E-state index contributed by atoms with van der Waals surface area (Å²) in [7, 11) is 1.81. The van der Waals surface area contributed by atoms with Crippen LogP contribution < -0.4 is 10.9 Å². The summed E-state index contributed by atoms with van der Waals surface area (Å²) in [5, 5.41) is 19.2. The molecule has 0 saturated carbocycles. The van der Waals surface area contributed by atoms with Gasteiger partial charge < -0.3 is 10.4 Å². The summed E-state index contributed by atoms with van der Waals surface area (Å²) in [6, 6.07) is 8.92. The molecule has 4 aromatic heterocycles. The van der Waals surface area contributed by atoms with E-state index in [1.165, 1.54) is 16.2 Å². The second-order valence-corrected chi connectivity index (χ2v) is 8.60. The van der Waals surface area contributed by atoms with Crippen LogP contribution in [0.2, 0.25) is 5.02 Å². The third kappa shape index (κ3) is 5.46. The zero-order valence-electron chi connectivity index (χ0n) is 18.9. The molecule has 0 radical (unpaired) electrons. The lowest BCUT2D eigenvalue weighted by molar-refractivity contribution is -0.192. The maximum absolute atomic E-state index is 12.3. The first-order valence-electron chi connectivity index (χ1n) is 10.2. The normalized spacial score (nSPS) is 11.3. The zero-order chi connectivity index (χ0) is 26.9. The molecular weight excluding hydrogens is 537 g/mol. The average Bonchev–Trinajstić information content (AvgIpc) is 3.56. The number of benzene rings is 1. The third-order valence-electron chi connectivity index (χ3n) is 5.04. The molecule has 0 saturated heterocycles. The highest BCUT2D eigenvalue weighted by Gasteiger charge is 2.38. The lowest BCUT2D eigenvalue weighted by Crippen LogP contribution is -2.21. The molecule has 0 atom stereocenters. The average molecular weight is 553 g/mol. The van der Waals surface area contributed by atoms with Gasteiger partial charge in [0, 0.05) is 47.5 Å². The molecule has 0 bridgehead atoms. The minimum absolute atomic E-state index is 0.141. The van der Waals surface area contributed by atoms with Crippen LogP contribution in [0.15, 0.2) is 47.5 Å². The fourth-order valence-corrected chi connectivity index (χ4v) is 4.03. The van der Waals surface area contributed by atoms with Crippen LogP contribution in [0.4, 0.5) is 24.0 Å². The number of aryl methyl sites for hydroxylation is 1. The SMILES string of the molecule is Cc1cc(=O)n(-c2cc(-c3nsc(Nc4ccc5[nH]ncc5c4Cl)n3)ccn2)n1C.O=C(O)C(F)(F)F. The number of nitrogens with zero attached hydrogens (tertiary/aromatic N) is 6. The molecule has 192 valence electrons. The smallest absolute Gasteiger partial charge is 0.475 e. The highest BCUT2D eigenvalue weighted by atomic mass is 35.5. The predicted octanol–water partition coefficient (Wildman–Crippen LogP) is 4.30. The van der Waals surface area contributed by atoms with Gasteiger partial charge in [0.1, 0.15) is 0 Å². The van der Waals surface area contributed by atoms with Crippen molar-refractivity contribution < 1.29 is 23.1 Å². The number of aliphatic carboxylic acids is 1. The Bertz CT molecular complexity index is 1660. The summed E-state index contributed by atoms with van der Waals surface area (Å²) in [5.74, 6) is -1.72. The molecule has 0 unspecified atom stereocenters. The Labute approximate surface area is 214 Å². The molecule has 11 nitrogen and oxygen atoms in total. The van der Waals surface area contributed by atoms with Crippen molar-refractivity contribution in [1.29, 1.82) is 0 Å². The van der Waals surface area contributed by atoms with Crippen molar-refractivity contribution in [2.24, 2.45) is 7.05 Å². The number of carboxylic acids is 1. The van der Waals surface area contributed by atoms with Crippen molar-refractivity contribution in [2.45, 2.75) is 13.1 Å². The number of carbonyl (C=O) groups is 1. The molecule has 16 heteroatoms. The number of aromatic amines is 1. The monoisotopic (exact) mass is 552 g/mol. The van der Waals surface area contributed by atoms with E-state index in [1.54, 1.807) is 35.3 Å². The van der Waals surface area contributed by atoms with Crippen LogP contribution in [0, 0.1) is 6.92 Å². The van der Waals surface area contributed by atoms with Gasteiger partial charge in [-0.2, -0.15) is 32.3 Å². The number of pyridine rings is 1. The van der Waals surface area contributed by atoms with Crippen LogP contribution in [-0.4, -0.2) is 51.2 Å². The largest absolute Gasteiger partial charge is 0.490 e. The van der Waals surface area contributed by atoms with E-state index in [-0.39, 0.29) is 5.56 Å². The summed E-state index contributed by atoms with van der Waals surface area (Å²) >= 11 is 7.69. The summed E-state index contributed by atoms with van der Waals surface area (Å²) < 4.78 is 39.4. The van der Waals surface area contributed by atoms with Crippen molar-refractivity contribution in [1.82, 2.24) is 33.9 Å².